The Morgan fingerprint density at radius 1 is 1.50 bits per heavy atom. The van der Waals surface area contributed by atoms with Crippen LogP contribution >= 0.6 is 0 Å². The highest BCUT2D eigenvalue weighted by atomic mass is 16.5. The van der Waals surface area contributed by atoms with Crippen LogP contribution in [0.4, 0.5) is 10.6 Å². The molecule has 0 unspecified atom stereocenters. The number of hydrogen-bond acceptors (Lipinski definition) is 6. The lowest BCUT2D eigenvalue weighted by molar-refractivity contribution is 0.250. The van der Waals surface area contributed by atoms with Crippen LogP contribution in [-0.4, -0.2) is 28.3 Å². The smallest absolute Gasteiger partial charge is 0.320 e. The fourth-order valence-electron chi connectivity index (χ4n) is 1.47. The van der Waals surface area contributed by atoms with E-state index in [9.17, 15) is 4.79 Å². The number of hydrogen-bond donors (Lipinski definition) is 2. The Kier molecular flexibility index (Phi) is 4.48. The van der Waals surface area contributed by atoms with Crippen molar-refractivity contribution in [3.8, 4) is 5.75 Å². The number of amides is 2. The number of oxazole rings is 1. The van der Waals surface area contributed by atoms with Gasteiger partial charge in [0.05, 0.1) is 26.0 Å². The predicted molar refractivity (Wildman–Crippen MR) is 70.3 cm³/mol. The number of anilines is 1. The van der Waals surface area contributed by atoms with Crippen LogP contribution in [-0.2, 0) is 13.0 Å². The zero-order valence-electron chi connectivity index (χ0n) is 11.2. The minimum Gasteiger partial charge on any atom is -0.493 e. The fraction of sp³-hybridized carbons (Fsp3) is 0.333. The highest BCUT2D eigenvalue weighted by Gasteiger charge is 2.10. The average Bonchev–Trinajstić information content (AvgIpc) is 2.94. The molecule has 0 aliphatic heterocycles. The first-order valence-electron chi connectivity index (χ1n) is 6.07. The number of aryl methyl sites for hydroxylation is 1. The maximum Gasteiger partial charge on any atom is 0.320 e. The second kappa shape index (κ2) is 6.50. The van der Waals surface area contributed by atoms with Crippen molar-refractivity contribution >= 4 is 11.8 Å². The van der Waals surface area contributed by atoms with Crippen LogP contribution < -0.4 is 15.4 Å². The molecule has 8 heteroatoms. The largest absolute Gasteiger partial charge is 0.493 e. The highest BCUT2D eigenvalue weighted by molar-refractivity contribution is 5.89. The first-order valence-corrected chi connectivity index (χ1v) is 6.07. The van der Waals surface area contributed by atoms with Gasteiger partial charge in [-0.2, -0.15) is 5.10 Å². The summed E-state index contributed by atoms with van der Waals surface area (Å²) in [6.07, 6.45) is 3.87. The Hall–Kier alpha value is -2.64. The number of carbonyl (C=O) groups excluding carboxylic acids is 1. The topological polar surface area (TPSA) is 102 Å². The molecule has 2 rings (SSSR count). The molecule has 2 amide bonds. The Morgan fingerprint density at radius 3 is 3.05 bits per heavy atom. The number of nitrogens with one attached hydrogen (secondary N) is 2. The molecule has 0 spiro atoms. The summed E-state index contributed by atoms with van der Waals surface area (Å²) in [6, 6.07) is 1.16. The van der Waals surface area contributed by atoms with Gasteiger partial charge in [0.25, 0.3) is 0 Å². The van der Waals surface area contributed by atoms with E-state index in [0.29, 0.717) is 11.6 Å². The molecular formula is C12H15N5O3. The number of carbonyl (C=O) groups is 1. The van der Waals surface area contributed by atoms with Gasteiger partial charge >= 0.3 is 6.03 Å². The van der Waals surface area contributed by atoms with Crippen molar-refractivity contribution in [1.29, 1.82) is 0 Å². The van der Waals surface area contributed by atoms with Crippen LogP contribution in [0.3, 0.4) is 0 Å². The molecule has 0 aromatic carbocycles. The maximum absolute atomic E-state index is 11.7. The van der Waals surface area contributed by atoms with E-state index in [1.807, 2.05) is 6.92 Å². The minimum absolute atomic E-state index is 0.189. The van der Waals surface area contributed by atoms with Crippen molar-refractivity contribution in [1.82, 2.24) is 20.5 Å². The quantitative estimate of drug-likeness (QED) is 0.855. The van der Waals surface area contributed by atoms with Gasteiger partial charge in [0.2, 0.25) is 5.89 Å². The van der Waals surface area contributed by atoms with Gasteiger partial charge < -0.3 is 14.5 Å². The van der Waals surface area contributed by atoms with E-state index < -0.39 is 6.03 Å². The first kappa shape index (κ1) is 13.8. The summed E-state index contributed by atoms with van der Waals surface area (Å²) in [5, 5.41) is 12.6. The average molecular weight is 277 g/mol. The number of urea groups is 1. The predicted octanol–water partition coefficient (Wildman–Crippen LogP) is 1.36. The van der Waals surface area contributed by atoms with Gasteiger partial charge in [0.1, 0.15) is 5.76 Å². The first-order chi connectivity index (χ1) is 9.72. The fourth-order valence-corrected chi connectivity index (χ4v) is 1.47. The molecule has 2 N–H and O–H groups in total. The molecule has 0 bridgehead atoms. The minimum atomic E-state index is -0.444. The highest BCUT2D eigenvalue weighted by Crippen LogP contribution is 2.18. The Balaban J connectivity index is 1.89. The third-order valence-electron chi connectivity index (χ3n) is 2.49. The summed E-state index contributed by atoms with van der Waals surface area (Å²) in [6.45, 7) is 2.15. The van der Waals surface area contributed by atoms with E-state index >= 15 is 0 Å². The van der Waals surface area contributed by atoms with E-state index in [-0.39, 0.29) is 12.4 Å². The number of nitrogens with zero attached hydrogens (tertiary/aromatic N) is 3. The van der Waals surface area contributed by atoms with E-state index in [0.717, 1.165) is 12.2 Å². The van der Waals surface area contributed by atoms with Crippen molar-refractivity contribution in [3.63, 3.8) is 0 Å². The molecule has 20 heavy (non-hydrogen) atoms. The maximum atomic E-state index is 11.7. The molecule has 106 valence electrons. The Morgan fingerprint density at radius 2 is 2.35 bits per heavy atom. The molecule has 0 aliphatic rings. The number of ether oxygens (including phenoxy) is 1. The molecule has 0 saturated heterocycles. The van der Waals surface area contributed by atoms with Crippen molar-refractivity contribution < 1.29 is 13.9 Å². The molecule has 0 aliphatic carbocycles. The van der Waals surface area contributed by atoms with Crippen LogP contribution in [0.1, 0.15) is 18.6 Å². The summed E-state index contributed by atoms with van der Waals surface area (Å²) < 4.78 is 10.4. The molecule has 0 radical (unpaired) electrons. The van der Waals surface area contributed by atoms with Gasteiger partial charge in [-0.25, -0.2) is 9.78 Å². The van der Waals surface area contributed by atoms with Crippen LogP contribution in [0, 0.1) is 0 Å². The van der Waals surface area contributed by atoms with Crippen molar-refractivity contribution in [2.24, 2.45) is 0 Å². The number of methoxy groups -OCH3 is 1. The Labute approximate surface area is 115 Å². The molecule has 0 atom stereocenters. The molecule has 2 aromatic heterocycles. The summed E-state index contributed by atoms with van der Waals surface area (Å²) in [5.74, 6) is 1.90. The second-order valence-electron chi connectivity index (χ2n) is 3.83. The third kappa shape index (κ3) is 3.44. The molecule has 8 nitrogen and oxygen atoms in total. The SMILES string of the molecule is CCc1cnc(CNC(=O)Nc2nnccc2OC)o1. The summed E-state index contributed by atoms with van der Waals surface area (Å²) in [5.41, 5.74) is 0. The Bertz CT molecular complexity index is 584. The summed E-state index contributed by atoms with van der Waals surface area (Å²) in [4.78, 5) is 15.8. The summed E-state index contributed by atoms with van der Waals surface area (Å²) in [7, 11) is 1.49. The monoisotopic (exact) mass is 277 g/mol. The molecule has 2 heterocycles. The number of aromatic nitrogens is 3. The lowest BCUT2D eigenvalue weighted by Crippen LogP contribution is -2.29. The van der Waals surface area contributed by atoms with Crippen molar-refractivity contribution in [3.05, 3.63) is 30.1 Å². The van der Waals surface area contributed by atoms with Gasteiger partial charge in [0.15, 0.2) is 11.6 Å². The van der Waals surface area contributed by atoms with Crippen LogP contribution in [0.2, 0.25) is 0 Å². The zero-order chi connectivity index (χ0) is 14.4. The van der Waals surface area contributed by atoms with Crippen molar-refractivity contribution in [2.45, 2.75) is 19.9 Å². The standard InChI is InChI=1S/C12H15N5O3/c1-3-8-6-13-10(20-8)7-14-12(18)16-11-9(19-2)4-5-15-17-11/h4-6H,3,7H2,1-2H3,(H2,14,16,17,18). The molecule has 0 saturated carbocycles. The van der Waals surface area contributed by atoms with E-state index in [1.165, 1.54) is 13.3 Å². The normalized spacial score (nSPS) is 10.1. The number of rotatable bonds is 5. The molecule has 0 fully saturated rings. The zero-order valence-corrected chi connectivity index (χ0v) is 11.2. The van der Waals surface area contributed by atoms with Gasteiger partial charge in [-0.05, 0) is 0 Å². The van der Waals surface area contributed by atoms with E-state index in [4.69, 9.17) is 9.15 Å². The van der Waals surface area contributed by atoms with Gasteiger partial charge in [-0.15, -0.1) is 5.10 Å². The molecule has 2 aromatic rings. The van der Waals surface area contributed by atoms with Crippen LogP contribution in [0.5, 0.6) is 5.75 Å². The lowest BCUT2D eigenvalue weighted by atomic mass is 10.4. The molecular weight excluding hydrogens is 262 g/mol. The van der Waals surface area contributed by atoms with Gasteiger partial charge in [-0.1, -0.05) is 6.92 Å². The van der Waals surface area contributed by atoms with Crippen molar-refractivity contribution in [2.75, 3.05) is 12.4 Å². The second-order valence-corrected chi connectivity index (χ2v) is 3.83. The third-order valence-corrected chi connectivity index (χ3v) is 2.49. The van der Waals surface area contributed by atoms with E-state index in [1.54, 1.807) is 12.3 Å². The van der Waals surface area contributed by atoms with Gasteiger partial charge in [-0.3, -0.25) is 5.32 Å². The lowest BCUT2D eigenvalue weighted by Gasteiger charge is -2.08. The van der Waals surface area contributed by atoms with Gasteiger partial charge in [0, 0.05) is 12.5 Å². The summed E-state index contributed by atoms with van der Waals surface area (Å²) >= 11 is 0. The van der Waals surface area contributed by atoms with Crippen LogP contribution in [0.15, 0.2) is 22.9 Å². The van der Waals surface area contributed by atoms with Crippen LogP contribution in [0.25, 0.3) is 0 Å². The van der Waals surface area contributed by atoms with E-state index in [2.05, 4.69) is 25.8 Å².